The van der Waals surface area contributed by atoms with Gasteiger partial charge in [-0.1, -0.05) is 0 Å². The molecule has 0 aromatic heterocycles. The molecule has 12 heavy (non-hydrogen) atoms. The summed E-state index contributed by atoms with van der Waals surface area (Å²) in [5.74, 6) is 6.10. The Balaban J connectivity index is 2.43. The minimum Gasteiger partial charge on any atom is -0.269 e. The molecule has 1 heterocycles. The number of nitrogens with two attached hydrogens (primary N) is 1. The number of piperidine rings is 1. The molecule has 0 saturated carbocycles. The fraction of sp³-hybridized carbons (Fsp3) is 1.00. The summed E-state index contributed by atoms with van der Waals surface area (Å²) in [6.45, 7) is 1.60. The second-order valence-corrected chi connectivity index (χ2v) is 5.78. The van der Waals surface area contributed by atoms with Crippen molar-refractivity contribution in [2.75, 3.05) is 25.1 Å². The normalized spacial score (nSPS) is 27.3. The van der Waals surface area contributed by atoms with Crippen LogP contribution in [0.4, 0.5) is 0 Å². The average molecular weight is 192 g/mol. The molecule has 1 rings (SSSR count). The molecule has 0 aromatic carbocycles. The number of rotatable bonds is 2. The van der Waals surface area contributed by atoms with Crippen LogP contribution in [0.25, 0.3) is 0 Å². The maximum absolute atomic E-state index is 10.9. The Kier molecular flexibility index (Phi) is 3.09. The van der Waals surface area contributed by atoms with Gasteiger partial charge in [-0.05, 0) is 18.8 Å². The summed E-state index contributed by atoms with van der Waals surface area (Å²) in [6.07, 6.45) is 3.28. The largest absolute Gasteiger partial charge is 0.269 e. The fourth-order valence-corrected chi connectivity index (χ4v) is 2.79. The standard InChI is InChI=1S/C7H16N2O2S/c1-12(10,11)6-7-3-2-4-9(8)5-7/h7H,2-6,8H2,1H3. The fourth-order valence-electron chi connectivity index (χ4n) is 1.66. The third-order valence-corrected chi connectivity index (χ3v) is 3.17. The Hall–Kier alpha value is -0.130. The molecule has 4 nitrogen and oxygen atoms in total. The Morgan fingerprint density at radius 1 is 1.58 bits per heavy atom. The molecule has 72 valence electrons. The van der Waals surface area contributed by atoms with E-state index in [1.807, 2.05) is 0 Å². The SMILES string of the molecule is CS(=O)(=O)CC1CCCN(N)C1. The van der Waals surface area contributed by atoms with Gasteiger partial charge in [0.25, 0.3) is 0 Å². The number of hydrogen-bond acceptors (Lipinski definition) is 4. The molecule has 0 radical (unpaired) electrons. The summed E-state index contributed by atoms with van der Waals surface area (Å²) in [6, 6.07) is 0. The highest BCUT2D eigenvalue weighted by Gasteiger charge is 2.21. The Bertz CT molecular complexity index is 238. The van der Waals surface area contributed by atoms with Gasteiger partial charge in [0.05, 0.1) is 5.75 Å². The molecule has 0 amide bonds. The van der Waals surface area contributed by atoms with Crippen LogP contribution < -0.4 is 5.84 Å². The van der Waals surface area contributed by atoms with Gasteiger partial charge in [-0.25, -0.2) is 13.4 Å². The molecule has 0 aromatic rings. The van der Waals surface area contributed by atoms with Crippen LogP contribution in [-0.4, -0.2) is 38.5 Å². The highest BCUT2D eigenvalue weighted by Crippen LogP contribution is 2.15. The van der Waals surface area contributed by atoms with Gasteiger partial charge in [-0.2, -0.15) is 0 Å². The summed E-state index contributed by atoms with van der Waals surface area (Å²) in [5.41, 5.74) is 0. The highest BCUT2D eigenvalue weighted by atomic mass is 32.2. The first-order valence-corrected chi connectivity index (χ1v) is 6.21. The Morgan fingerprint density at radius 2 is 2.25 bits per heavy atom. The first-order chi connectivity index (χ1) is 5.47. The summed E-state index contributed by atoms with van der Waals surface area (Å²) in [5, 5.41) is 1.71. The molecule has 0 aliphatic carbocycles. The highest BCUT2D eigenvalue weighted by molar-refractivity contribution is 7.90. The third kappa shape index (κ3) is 3.51. The van der Waals surface area contributed by atoms with Crippen molar-refractivity contribution in [1.29, 1.82) is 0 Å². The third-order valence-electron chi connectivity index (χ3n) is 2.09. The van der Waals surface area contributed by atoms with Gasteiger partial charge >= 0.3 is 0 Å². The molecule has 1 atom stereocenters. The van der Waals surface area contributed by atoms with Crippen molar-refractivity contribution >= 4 is 9.84 Å². The number of hydrogen-bond donors (Lipinski definition) is 1. The topological polar surface area (TPSA) is 63.4 Å². The van der Waals surface area contributed by atoms with E-state index in [9.17, 15) is 8.42 Å². The van der Waals surface area contributed by atoms with E-state index in [1.54, 1.807) is 5.01 Å². The van der Waals surface area contributed by atoms with E-state index in [-0.39, 0.29) is 11.7 Å². The van der Waals surface area contributed by atoms with Gasteiger partial charge in [0, 0.05) is 19.3 Å². The molecule has 1 unspecified atom stereocenters. The maximum atomic E-state index is 10.9. The lowest BCUT2D eigenvalue weighted by Gasteiger charge is -2.28. The molecule has 1 fully saturated rings. The van der Waals surface area contributed by atoms with Gasteiger partial charge in [0.15, 0.2) is 0 Å². The number of nitrogens with zero attached hydrogens (tertiary/aromatic N) is 1. The van der Waals surface area contributed by atoms with Crippen molar-refractivity contribution < 1.29 is 8.42 Å². The van der Waals surface area contributed by atoms with Crippen LogP contribution >= 0.6 is 0 Å². The lowest BCUT2D eigenvalue weighted by molar-refractivity contribution is 0.189. The zero-order valence-electron chi connectivity index (χ0n) is 7.36. The van der Waals surface area contributed by atoms with E-state index in [0.29, 0.717) is 6.54 Å². The van der Waals surface area contributed by atoms with Crippen molar-refractivity contribution in [2.24, 2.45) is 11.8 Å². The maximum Gasteiger partial charge on any atom is 0.147 e. The van der Waals surface area contributed by atoms with Gasteiger partial charge in [0.2, 0.25) is 0 Å². The number of hydrazine groups is 1. The minimum absolute atomic E-state index is 0.235. The summed E-state index contributed by atoms with van der Waals surface area (Å²) in [4.78, 5) is 0. The summed E-state index contributed by atoms with van der Waals surface area (Å²) >= 11 is 0. The van der Waals surface area contributed by atoms with Crippen LogP contribution in [0.1, 0.15) is 12.8 Å². The molecule has 0 spiro atoms. The van der Waals surface area contributed by atoms with Crippen LogP contribution in [0.3, 0.4) is 0 Å². The van der Waals surface area contributed by atoms with Crippen LogP contribution in [0.5, 0.6) is 0 Å². The van der Waals surface area contributed by atoms with Gasteiger partial charge in [0.1, 0.15) is 9.84 Å². The first-order valence-electron chi connectivity index (χ1n) is 4.15. The van der Waals surface area contributed by atoms with Gasteiger partial charge in [-0.15, -0.1) is 0 Å². The zero-order chi connectivity index (χ0) is 9.19. The average Bonchev–Trinajstić information content (AvgIpc) is 1.82. The molecule has 0 bridgehead atoms. The van der Waals surface area contributed by atoms with Crippen LogP contribution in [0.15, 0.2) is 0 Å². The monoisotopic (exact) mass is 192 g/mol. The summed E-state index contributed by atoms with van der Waals surface area (Å²) in [7, 11) is -2.83. The van der Waals surface area contributed by atoms with Crippen LogP contribution in [0.2, 0.25) is 0 Å². The van der Waals surface area contributed by atoms with Crippen molar-refractivity contribution in [3.8, 4) is 0 Å². The molecular formula is C7H16N2O2S. The lowest BCUT2D eigenvalue weighted by Crippen LogP contribution is -2.42. The molecular weight excluding hydrogens is 176 g/mol. The van der Waals surface area contributed by atoms with Gasteiger partial charge in [-0.3, -0.25) is 5.84 Å². The molecule has 1 aliphatic rings. The quantitative estimate of drug-likeness (QED) is 0.606. The van der Waals surface area contributed by atoms with Crippen LogP contribution in [-0.2, 0) is 9.84 Å². The van der Waals surface area contributed by atoms with E-state index in [2.05, 4.69) is 0 Å². The zero-order valence-corrected chi connectivity index (χ0v) is 8.18. The minimum atomic E-state index is -2.83. The van der Waals surface area contributed by atoms with E-state index >= 15 is 0 Å². The van der Waals surface area contributed by atoms with E-state index < -0.39 is 9.84 Å². The Labute approximate surface area is 73.6 Å². The van der Waals surface area contributed by atoms with Gasteiger partial charge < -0.3 is 0 Å². The van der Waals surface area contributed by atoms with Crippen molar-refractivity contribution in [2.45, 2.75) is 12.8 Å². The summed E-state index contributed by atoms with van der Waals surface area (Å²) < 4.78 is 21.9. The Morgan fingerprint density at radius 3 is 2.75 bits per heavy atom. The first kappa shape index (κ1) is 9.95. The van der Waals surface area contributed by atoms with E-state index in [0.717, 1.165) is 19.4 Å². The predicted molar refractivity (Wildman–Crippen MR) is 48.2 cm³/mol. The molecule has 1 aliphatic heterocycles. The smallest absolute Gasteiger partial charge is 0.147 e. The van der Waals surface area contributed by atoms with E-state index in [1.165, 1.54) is 6.26 Å². The molecule has 1 saturated heterocycles. The van der Waals surface area contributed by atoms with Crippen LogP contribution in [0, 0.1) is 5.92 Å². The van der Waals surface area contributed by atoms with E-state index in [4.69, 9.17) is 5.84 Å². The molecule has 5 heteroatoms. The van der Waals surface area contributed by atoms with Crippen molar-refractivity contribution in [3.63, 3.8) is 0 Å². The number of sulfone groups is 1. The molecule has 2 N–H and O–H groups in total. The second kappa shape index (κ2) is 3.72. The second-order valence-electron chi connectivity index (χ2n) is 3.60. The van der Waals surface area contributed by atoms with Crippen molar-refractivity contribution in [3.05, 3.63) is 0 Å². The predicted octanol–water partition coefficient (Wildman–Crippen LogP) is -0.383. The lowest BCUT2D eigenvalue weighted by atomic mass is 10.0. The van der Waals surface area contributed by atoms with Crippen molar-refractivity contribution in [1.82, 2.24) is 5.01 Å².